The monoisotopic (exact) mass is 396 g/mol. The third-order valence-corrected chi connectivity index (χ3v) is 4.49. The van der Waals surface area contributed by atoms with Gasteiger partial charge in [0, 0.05) is 12.1 Å². The molecule has 8 heteroatoms. The summed E-state index contributed by atoms with van der Waals surface area (Å²) >= 11 is 0. The maximum atomic E-state index is 12.1. The van der Waals surface area contributed by atoms with Crippen molar-refractivity contribution in [2.45, 2.75) is 45.3 Å². The lowest BCUT2D eigenvalue weighted by molar-refractivity contribution is -0.885. The molecule has 0 aromatic heterocycles. The van der Waals surface area contributed by atoms with Gasteiger partial charge in [0.1, 0.15) is 12.3 Å². The number of urea groups is 1. The number of alkyl halides is 2. The number of imide groups is 1. The van der Waals surface area contributed by atoms with E-state index in [4.69, 9.17) is 0 Å². The zero-order valence-corrected chi connectivity index (χ0v) is 16.1. The van der Waals surface area contributed by atoms with Crippen LogP contribution >= 0.6 is 0 Å². The molecule has 0 saturated heterocycles. The molecule has 0 fully saturated rings. The first-order valence-electron chi connectivity index (χ1n) is 9.53. The molecule has 6 nitrogen and oxygen atoms in total. The van der Waals surface area contributed by atoms with Gasteiger partial charge in [-0.1, -0.05) is 11.6 Å². The third kappa shape index (κ3) is 8.47. The lowest BCUT2D eigenvalue weighted by atomic mass is 9.97. The van der Waals surface area contributed by atoms with Crippen molar-refractivity contribution in [2.75, 3.05) is 20.1 Å². The number of likely N-dealkylation sites (N-methyl/N-ethyl adjacent to an activating group) is 1. The highest BCUT2D eigenvalue weighted by Crippen LogP contribution is 2.19. The summed E-state index contributed by atoms with van der Waals surface area (Å²) in [4.78, 5) is 24.7. The number of carbonyl (C=O) groups is 2. The summed E-state index contributed by atoms with van der Waals surface area (Å²) in [6.07, 6.45) is 7.68. The van der Waals surface area contributed by atoms with Crippen LogP contribution in [0.5, 0.6) is 5.75 Å². The van der Waals surface area contributed by atoms with Gasteiger partial charge in [-0.25, -0.2) is 4.79 Å². The van der Waals surface area contributed by atoms with Gasteiger partial charge in [0.05, 0.1) is 7.05 Å². The zero-order chi connectivity index (χ0) is 20.4. The van der Waals surface area contributed by atoms with Crippen LogP contribution in [0.1, 0.15) is 37.7 Å². The number of rotatable bonds is 9. The average molecular weight is 396 g/mol. The number of quaternary nitrogens is 1. The Hall–Kier alpha value is -2.48. The molecule has 154 valence electrons. The van der Waals surface area contributed by atoms with Gasteiger partial charge in [-0.15, -0.1) is 0 Å². The van der Waals surface area contributed by atoms with E-state index in [9.17, 15) is 18.4 Å². The van der Waals surface area contributed by atoms with E-state index in [0.29, 0.717) is 13.1 Å². The van der Waals surface area contributed by atoms with Crippen molar-refractivity contribution in [2.24, 2.45) is 0 Å². The number of hydrogen-bond acceptors (Lipinski definition) is 3. The predicted molar refractivity (Wildman–Crippen MR) is 101 cm³/mol. The van der Waals surface area contributed by atoms with Gasteiger partial charge in [-0.05, 0) is 56.4 Å². The first kappa shape index (κ1) is 21.8. The molecule has 0 saturated carbocycles. The number of benzene rings is 1. The molecule has 3 amide bonds. The van der Waals surface area contributed by atoms with Gasteiger partial charge in [0.2, 0.25) is 0 Å². The lowest BCUT2D eigenvalue weighted by Gasteiger charge is -2.15. The van der Waals surface area contributed by atoms with Gasteiger partial charge in [-0.3, -0.25) is 10.1 Å². The van der Waals surface area contributed by atoms with Crippen LogP contribution in [0.2, 0.25) is 0 Å². The van der Waals surface area contributed by atoms with Crippen molar-refractivity contribution in [3.8, 4) is 5.75 Å². The molecule has 0 heterocycles. The predicted octanol–water partition coefficient (Wildman–Crippen LogP) is 2.02. The lowest BCUT2D eigenvalue weighted by Crippen LogP contribution is -3.09. The van der Waals surface area contributed by atoms with E-state index in [0.717, 1.165) is 29.7 Å². The molecule has 0 radical (unpaired) electrons. The van der Waals surface area contributed by atoms with Gasteiger partial charge in [-0.2, -0.15) is 8.78 Å². The van der Waals surface area contributed by atoms with Crippen molar-refractivity contribution in [1.29, 1.82) is 0 Å². The fourth-order valence-electron chi connectivity index (χ4n) is 3.16. The second-order valence-electron chi connectivity index (χ2n) is 7.00. The van der Waals surface area contributed by atoms with Crippen molar-refractivity contribution in [3.05, 3.63) is 41.5 Å². The van der Waals surface area contributed by atoms with Crippen LogP contribution in [-0.2, 0) is 11.3 Å². The molecule has 1 aliphatic rings. The Balaban J connectivity index is 1.65. The second-order valence-corrected chi connectivity index (χ2v) is 7.00. The molecule has 0 aliphatic heterocycles. The molecule has 0 bridgehead atoms. The number of hydrogen-bond donors (Lipinski definition) is 3. The number of amides is 3. The van der Waals surface area contributed by atoms with Crippen molar-refractivity contribution < 1.29 is 28.0 Å². The Morgan fingerprint density at radius 3 is 2.61 bits per heavy atom. The van der Waals surface area contributed by atoms with Gasteiger partial charge in [0.15, 0.2) is 6.54 Å². The van der Waals surface area contributed by atoms with Crippen molar-refractivity contribution in [3.63, 3.8) is 0 Å². The number of nitrogens with one attached hydrogen (secondary N) is 3. The second kappa shape index (κ2) is 11.4. The highest BCUT2D eigenvalue weighted by molar-refractivity contribution is 5.94. The Morgan fingerprint density at radius 1 is 1.21 bits per heavy atom. The van der Waals surface area contributed by atoms with E-state index in [1.54, 1.807) is 12.1 Å². The van der Waals surface area contributed by atoms with Crippen LogP contribution in [0.4, 0.5) is 13.6 Å². The standard InChI is InChI=1S/C20H27F2N3O3/c1-25(13-16-7-9-17(10-8-16)28-19(21)22)14-18(26)24-20(27)23-12-11-15-5-3-2-4-6-15/h5,7-10,19H,2-4,6,11-14H2,1H3,(H2,23,24,26,27)/p+1. The minimum absolute atomic E-state index is 0.0924. The highest BCUT2D eigenvalue weighted by Gasteiger charge is 2.14. The quantitative estimate of drug-likeness (QED) is 0.560. The number of allylic oxidation sites excluding steroid dienone is 1. The molecule has 1 atom stereocenters. The van der Waals surface area contributed by atoms with E-state index in [-0.39, 0.29) is 18.2 Å². The normalized spacial score (nSPS) is 14.9. The molecule has 1 aromatic carbocycles. The van der Waals surface area contributed by atoms with E-state index >= 15 is 0 Å². The van der Waals surface area contributed by atoms with Gasteiger partial charge in [0.25, 0.3) is 5.91 Å². The molecular weight excluding hydrogens is 368 g/mol. The molecule has 3 N–H and O–H groups in total. The third-order valence-electron chi connectivity index (χ3n) is 4.49. The number of halogens is 2. The first-order chi connectivity index (χ1) is 13.4. The van der Waals surface area contributed by atoms with Crippen LogP contribution in [0.15, 0.2) is 35.9 Å². The summed E-state index contributed by atoms with van der Waals surface area (Å²) in [5.41, 5.74) is 2.24. The molecule has 2 rings (SSSR count). The minimum Gasteiger partial charge on any atom is -0.435 e. The van der Waals surface area contributed by atoms with Crippen molar-refractivity contribution in [1.82, 2.24) is 10.6 Å². The first-order valence-corrected chi connectivity index (χ1v) is 9.53. The summed E-state index contributed by atoms with van der Waals surface area (Å²) in [6.45, 7) is -1.71. The van der Waals surface area contributed by atoms with E-state index in [1.165, 1.54) is 30.5 Å². The maximum absolute atomic E-state index is 12.1. The molecule has 28 heavy (non-hydrogen) atoms. The van der Waals surface area contributed by atoms with Gasteiger partial charge >= 0.3 is 12.6 Å². The summed E-state index contributed by atoms with van der Waals surface area (Å²) < 4.78 is 28.6. The average Bonchev–Trinajstić information content (AvgIpc) is 2.63. The molecule has 1 unspecified atom stereocenters. The Kier molecular flexibility index (Phi) is 8.87. The molecular formula is C20H28F2N3O3+. The SMILES string of the molecule is C[NH+](CC(=O)NC(=O)NCCC1=CCCCC1)Cc1ccc(OC(F)F)cc1. The van der Waals surface area contributed by atoms with Crippen LogP contribution in [-0.4, -0.2) is 38.7 Å². The summed E-state index contributed by atoms with van der Waals surface area (Å²) in [6, 6.07) is 5.79. The minimum atomic E-state index is -2.85. The number of carbonyl (C=O) groups excluding carboxylic acids is 2. The van der Waals surface area contributed by atoms with E-state index in [2.05, 4.69) is 21.4 Å². The van der Waals surface area contributed by atoms with Crippen LogP contribution in [0.25, 0.3) is 0 Å². The number of ether oxygens (including phenoxy) is 1. The molecule has 1 aliphatic carbocycles. The summed E-state index contributed by atoms with van der Waals surface area (Å²) in [5, 5.41) is 5.04. The summed E-state index contributed by atoms with van der Waals surface area (Å²) in [7, 11) is 1.82. The Morgan fingerprint density at radius 2 is 1.96 bits per heavy atom. The van der Waals surface area contributed by atoms with Crippen LogP contribution in [0, 0.1) is 0 Å². The zero-order valence-electron chi connectivity index (χ0n) is 16.1. The van der Waals surface area contributed by atoms with E-state index in [1.807, 2.05) is 7.05 Å². The summed E-state index contributed by atoms with van der Waals surface area (Å²) in [5.74, 6) is -0.278. The largest absolute Gasteiger partial charge is 0.435 e. The Labute approximate surface area is 163 Å². The van der Waals surface area contributed by atoms with E-state index < -0.39 is 12.6 Å². The topological polar surface area (TPSA) is 71.9 Å². The fourth-order valence-corrected chi connectivity index (χ4v) is 3.16. The fraction of sp³-hybridized carbons (Fsp3) is 0.500. The molecule has 1 aromatic rings. The van der Waals surface area contributed by atoms with Crippen molar-refractivity contribution >= 4 is 11.9 Å². The van der Waals surface area contributed by atoms with Crippen LogP contribution < -0.4 is 20.3 Å². The van der Waals surface area contributed by atoms with Gasteiger partial charge < -0.3 is 15.0 Å². The van der Waals surface area contributed by atoms with Crippen LogP contribution in [0.3, 0.4) is 0 Å². The maximum Gasteiger partial charge on any atom is 0.387 e. The Bertz CT molecular complexity index is 678. The smallest absolute Gasteiger partial charge is 0.387 e. The molecule has 0 spiro atoms. The highest BCUT2D eigenvalue weighted by atomic mass is 19.3.